The Morgan fingerprint density at radius 2 is 1.89 bits per heavy atom. The Kier molecular flexibility index (Phi) is 5.41. The van der Waals surface area contributed by atoms with E-state index in [4.69, 9.17) is 0 Å². The Labute approximate surface area is 169 Å². The maximum Gasteiger partial charge on any atom is 0.270 e. The van der Waals surface area contributed by atoms with E-state index in [9.17, 15) is 9.59 Å². The van der Waals surface area contributed by atoms with Crippen LogP contribution >= 0.6 is 22.7 Å². The zero-order valence-electron chi connectivity index (χ0n) is 14.7. The molecule has 0 bridgehead atoms. The quantitative estimate of drug-likeness (QED) is 0.530. The van der Waals surface area contributed by atoms with Gasteiger partial charge in [0, 0.05) is 23.6 Å². The standard InChI is InChI=1S/C20H16N4O2S2/c25-18-9-8-15(17-7-4-12-27-17)23-24(18)11-10-21-19(26)16-13-28-20(22-16)14-5-2-1-3-6-14/h1-9,12-13H,10-11H2,(H,21,26). The molecular formula is C20H16N4O2S2. The molecule has 0 aliphatic rings. The molecule has 1 amide bonds. The Hall–Kier alpha value is -3.10. The molecule has 0 aliphatic heterocycles. The van der Waals surface area contributed by atoms with Gasteiger partial charge in [0.05, 0.1) is 11.4 Å². The van der Waals surface area contributed by atoms with E-state index in [1.807, 2.05) is 47.8 Å². The van der Waals surface area contributed by atoms with Gasteiger partial charge in [-0.25, -0.2) is 9.67 Å². The number of benzene rings is 1. The number of aromatic nitrogens is 3. The zero-order chi connectivity index (χ0) is 19.3. The Morgan fingerprint density at radius 1 is 1.04 bits per heavy atom. The van der Waals surface area contributed by atoms with Crippen LogP contribution in [0.2, 0.25) is 0 Å². The van der Waals surface area contributed by atoms with Crippen molar-refractivity contribution < 1.29 is 4.79 Å². The van der Waals surface area contributed by atoms with Gasteiger partial charge in [-0.3, -0.25) is 9.59 Å². The lowest BCUT2D eigenvalue weighted by molar-refractivity contribution is 0.0947. The summed E-state index contributed by atoms with van der Waals surface area (Å²) in [7, 11) is 0. The number of carbonyl (C=O) groups is 1. The molecule has 0 spiro atoms. The predicted molar refractivity (Wildman–Crippen MR) is 112 cm³/mol. The van der Waals surface area contributed by atoms with E-state index in [2.05, 4.69) is 15.4 Å². The molecule has 8 heteroatoms. The third-order valence-corrected chi connectivity index (χ3v) is 5.79. The average molecular weight is 409 g/mol. The van der Waals surface area contributed by atoms with Gasteiger partial charge < -0.3 is 5.32 Å². The van der Waals surface area contributed by atoms with Crippen LogP contribution in [0, 0.1) is 0 Å². The van der Waals surface area contributed by atoms with Gasteiger partial charge >= 0.3 is 0 Å². The maximum atomic E-state index is 12.3. The SMILES string of the molecule is O=C(NCCn1nc(-c2cccs2)ccc1=O)c1csc(-c2ccccc2)n1. The largest absolute Gasteiger partial charge is 0.349 e. The van der Waals surface area contributed by atoms with Crippen molar-refractivity contribution in [1.29, 1.82) is 0 Å². The molecule has 0 saturated heterocycles. The van der Waals surface area contributed by atoms with E-state index in [0.29, 0.717) is 12.2 Å². The second kappa shape index (κ2) is 8.28. The molecule has 1 aromatic carbocycles. The van der Waals surface area contributed by atoms with E-state index in [0.717, 1.165) is 21.1 Å². The lowest BCUT2D eigenvalue weighted by atomic mass is 10.2. The highest BCUT2D eigenvalue weighted by atomic mass is 32.1. The number of nitrogens with one attached hydrogen (secondary N) is 1. The molecule has 140 valence electrons. The number of hydrogen-bond acceptors (Lipinski definition) is 6. The number of hydrogen-bond donors (Lipinski definition) is 1. The fourth-order valence-corrected chi connectivity index (χ4v) is 4.12. The minimum Gasteiger partial charge on any atom is -0.349 e. The number of rotatable bonds is 6. The number of nitrogens with zero attached hydrogens (tertiary/aromatic N) is 3. The van der Waals surface area contributed by atoms with Gasteiger partial charge in [-0.15, -0.1) is 22.7 Å². The van der Waals surface area contributed by atoms with Crippen LogP contribution in [0.25, 0.3) is 21.1 Å². The molecule has 0 fully saturated rings. The fraction of sp³-hybridized carbons (Fsp3) is 0.100. The fourth-order valence-electron chi connectivity index (χ4n) is 2.62. The van der Waals surface area contributed by atoms with Gasteiger partial charge in [0.15, 0.2) is 0 Å². The molecule has 0 aliphatic carbocycles. The van der Waals surface area contributed by atoms with Gasteiger partial charge in [0.25, 0.3) is 11.5 Å². The lowest BCUT2D eigenvalue weighted by Gasteiger charge is -2.07. The van der Waals surface area contributed by atoms with Crippen LogP contribution in [0.15, 0.2) is 70.2 Å². The third-order valence-electron chi connectivity index (χ3n) is 4.01. The van der Waals surface area contributed by atoms with E-state index < -0.39 is 0 Å². The van der Waals surface area contributed by atoms with E-state index in [1.165, 1.54) is 22.1 Å². The summed E-state index contributed by atoms with van der Waals surface area (Å²) in [5, 5.41) is 11.7. The topological polar surface area (TPSA) is 76.9 Å². The van der Waals surface area contributed by atoms with Crippen LogP contribution in [0.1, 0.15) is 10.5 Å². The molecule has 0 atom stereocenters. The van der Waals surface area contributed by atoms with Crippen molar-refractivity contribution in [2.75, 3.05) is 6.54 Å². The molecule has 0 unspecified atom stereocenters. The van der Waals surface area contributed by atoms with Crippen molar-refractivity contribution in [2.24, 2.45) is 0 Å². The molecule has 0 saturated carbocycles. The summed E-state index contributed by atoms with van der Waals surface area (Å²) in [6.07, 6.45) is 0. The summed E-state index contributed by atoms with van der Waals surface area (Å²) in [5.74, 6) is -0.263. The molecule has 0 radical (unpaired) electrons. The van der Waals surface area contributed by atoms with Crippen LogP contribution < -0.4 is 10.9 Å². The highest BCUT2D eigenvalue weighted by Gasteiger charge is 2.12. The molecular weight excluding hydrogens is 392 g/mol. The van der Waals surface area contributed by atoms with Crippen molar-refractivity contribution in [3.8, 4) is 21.1 Å². The van der Waals surface area contributed by atoms with E-state index >= 15 is 0 Å². The van der Waals surface area contributed by atoms with Crippen LogP contribution in [0.3, 0.4) is 0 Å². The van der Waals surface area contributed by atoms with Crippen molar-refractivity contribution in [3.05, 3.63) is 81.4 Å². The molecule has 3 aromatic heterocycles. The van der Waals surface area contributed by atoms with Crippen molar-refractivity contribution in [2.45, 2.75) is 6.54 Å². The first kappa shape index (κ1) is 18.3. The molecule has 6 nitrogen and oxygen atoms in total. The van der Waals surface area contributed by atoms with Gasteiger partial charge in [-0.05, 0) is 17.5 Å². The first-order chi connectivity index (χ1) is 13.7. The predicted octanol–water partition coefficient (Wildman–Crippen LogP) is 3.53. The van der Waals surface area contributed by atoms with E-state index in [-0.39, 0.29) is 18.0 Å². The summed E-state index contributed by atoms with van der Waals surface area (Å²) in [6.45, 7) is 0.581. The van der Waals surface area contributed by atoms with E-state index in [1.54, 1.807) is 22.8 Å². The minimum atomic E-state index is -0.263. The Morgan fingerprint density at radius 3 is 2.68 bits per heavy atom. The molecule has 1 N–H and O–H groups in total. The van der Waals surface area contributed by atoms with Gasteiger partial charge in [0.1, 0.15) is 16.4 Å². The first-order valence-corrected chi connectivity index (χ1v) is 10.4. The summed E-state index contributed by atoms with van der Waals surface area (Å²) >= 11 is 2.99. The number of thiophene rings is 1. The normalized spacial score (nSPS) is 10.7. The van der Waals surface area contributed by atoms with Crippen molar-refractivity contribution >= 4 is 28.6 Å². The van der Waals surface area contributed by atoms with Crippen LogP contribution in [0.4, 0.5) is 0 Å². The summed E-state index contributed by atoms with van der Waals surface area (Å²) in [4.78, 5) is 29.8. The monoisotopic (exact) mass is 408 g/mol. The van der Waals surface area contributed by atoms with Gasteiger partial charge in [-0.2, -0.15) is 5.10 Å². The van der Waals surface area contributed by atoms with Gasteiger partial charge in [0.2, 0.25) is 0 Å². The summed E-state index contributed by atoms with van der Waals surface area (Å²) in [6, 6.07) is 16.8. The number of amides is 1. The third kappa shape index (κ3) is 4.08. The number of carbonyl (C=O) groups excluding carboxylic acids is 1. The van der Waals surface area contributed by atoms with Crippen LogP contribution in [0.5, 0.6) is 0 Å². The number of thiazole rings is 1. The minimum absolute atomic E-state index is 0.199. The smallest absolute Gasteiger partial charge is 0.270 e. The highest BCUT2D eigenvalue weighted by Crippen LogP contribution is 2.23. The second-order valence-electron chi connectivity index (χ2n) is 5.92. The van der Waals surface area contributed by atoms with Crippen molar-refractivity contribution in [3.63, 3.8) is 0 Å². The molecule has 4 aromatic rings. The molecule has 4 rings (SSSR count). The zero-order valence-corrected chi connectivity index (χ0v) is 16.4. The van der Waals surface area contributed by atoms with Crippen LogP contribution in [-0.4, -0.2) is 27.2 Å². The highest BCUT2D eigenvalue weighted by molar-refractivity contribution is 7.13. The maximum absolute atomic E-state index is 12.3. The summed E-state index contributed by atoms with van der Waals surface area (Å²) < 4.78 is 1.37. The summed E-state index contributed by atoms with van der Waals surface area (Å²) in [5.41, 5.74) is 1.90. The molecule has 3 heterocycles. The second-order valence-corrected chi connectivity index (χ2v) is 7.72. The average Bonchev–Trinajstić information content (AvgIpc) is 3.42. The first-order valence-electron chi connectivity index (χ1n) is 8.62. The Balaban J connectivity index is 1.39. The van der Waals surface area contributed by atoms with Gasteiger partial charge in [-0.1, -0.05) is 36.4 Å². The lowest BCUT2D eigenvalue weighted by Crippen LogP contribution is -2.32. The van der Waals surface area contributed by atoms with Crippen LogP contribution in [-0.2, 0) is 6.54 Å². The Bertz CT molecular complexity index is 1130. The van der Waals surface area contributed by atoms with Crippen molar-refractivity contribution in [1.82, 2.24) is 20.1 Å². The molecule has 28 heavy (non-hydrogen) atoms.